The number of benzene rings is 1. The molecule has 1 heterocycles. The average Bonchev–Trinajstić information content (AvgIpc) is 2.37. The molecular formula is C13H16BrNO3. The van der Waals surface area contributed by atoms with Crippen LogP contribution in [0.1, 0.15) is 5.56 Å². The number of halogens is 1. The Morgan fingerprint density at radius 2 is 2.17 bits per heavy atom. The van der Waals surface area contributed by atoms with Gasteiger partial charge in [-0.15, -0.1) is 0 Å². The zero-order chi connectivity index (χ0) is 13.0. The fourth-order valence-corrected chi connectivity index (χ4v) is 2.60. The Bertz CT molecular complexity index is 418. The number of ether oxygens (including phenoxy) is 1. The van der Waals surface area contributed by atoms with Crippen molar-refractivity contribution in [1.29, 1.82) is 0 Å². The van der Waals surface area contributed by atoms with Gasteiger partial charge in [0.05, 0.1) is 13.2 Å². The molecule has 1 atom stereocenters. The van der Waals surface area contributed by atoms with Crippen LogP contribution in [0.25, 0.3) is 0 Å². The van der Waals surface area contributed by atoms with Gasteiger partial charge in [0, 0.05) is 17.6 Å². The molecule has 0 saturated carbocycles. The summed E-state index contributed by atoms with van der Waals surface area (Å²) in [6, 6.07) is 7.33. The quantitative estimate of drug-likeness (QED) is 0.920. The first-order chi connectivity index (χ1) is 8.66. The van der Waals surface area contributed by atoms with Crippen LogP contribution in [0.15, 0.2) is 28.7 Å². The molecule has 1 saturated heterocycles. The van der Waals surface area contributed by atoms with Crippen molar-refractivity contribution < 1.29 is 14.6 Å². The van der Waals surface area contributed by atoms with Gasteiger partial charge in [-0.1, -0.05) is 28.1 Å². The Morgan fingerprint density at radius 1 is 1.44 bits per heavy atom. The number of morpholine rings is 1. The molecule has 5 heteroatoms. The molecule has 1 aromatic carbocycles. The van der Waals surface area contributed by atoms with Gasteiger partial charge in [-0.05, 0) is 24.1 Å². The number of rotatable bonds is 4. The van der Waals surface area contributed by atoms with Crippen molar-refractivity contribution in [3.8, 4) is 0 Å². The SMILES string of the molecule is O=C(O)[C@H](Cc1cccc(Br)c1)N1CCOCC1. The van der Waals surface area contributed by atoms with Crippen molar-refractivity contribution >= 4 is 21.9 Å². The minimum Gasteiger partial charge on any atom is -0.480 e. The second-order valence-electron chi connectivity index (χ2n) is 4.34. The number of carboxylic acid groups (broad SMARTS) is 1. The van der Waals surface area contributed by atoms with Crippen LogP contribution in [-0.2, 0) is 16.0 Å². The minimum atomic E-state index is -0.767. The molecule has 0 aliphatic carbocycles. The van der Waals surface area contributed by atoms with E-state index in [-0.39, 0.29) is 0 Å². The van der Waals surface area contributed by atoms with E-state index < -0.39 is 12.0 Å². The Labute approximate surface area is 115 Å². The second kappa shape index (κ2) is 6.31. The lowest BCUT2D eigenvalue weighted by Crippen LogP contribution is -2.48. The van der Waals surface area contributed by atoms with E-state index in [0.717, 1.165) is 10.0 Å². The summed E-state index contributed by atoms with van der Waals surface area (Å²) in [4.78, 5) is 13.4. The molecule has 1 aliphatic rings. The van der Waals surface area contributed by atoms with Crippen LogP contribution in [-0.4, -0.2) is 48.3 Å². The smallest absolute Gasteiger partial charge is 0.321 e. The van der Waals surface area contributed by atoms with E-state index in [1.165, 1.54) is 0 Å². The summed E-state index contributed by atoms with van der Waals surface area (Å²) >= 11 is 3.40. The molecule has 0 spiro atoms. The third kappa shape index (κ3) is 3.54. The van der Waals surface area contributed by atoms with Crippen molar-refractivity contribution in [1.82, 2.24) is 4.90 Å². The van der Waals surface area contributed by atoms with E-state index in [2.05, 4.69) is 15.9 Å². The van der Waals surface area contributed by atoms with Crippen molar-refractivity contribution in [3.05, 3.63) is 34.3 Å². The number of carboxylic acids is 1. The molecule has 0 unspecified atom stereocenters. The van der Waals surface area contributed by atoms with Crippen LogP contribution in [0.3, 0.4) is 0 Å². The molecule has 0 aromatic heterocycles. The molecule has 0 amide bonds. The molecule has 0 radical (unpaired) electrons. The number of carbonyl (C=O) groups is 1. The summed E-state index contributed by atoms with van der Waals surface area (Å²) in [5.74, 6) is -0.767. The molecule has 1 aromatic rings. The molecule has 1 N–H and O–H groups in total. The van der Waals surface area contributed by atoms with Gasteiger partial charge in [0.15, 0.2) is 0 Å². The van der Waals surface area contributed by atoms with E-state index in [4.69, 9.17) is 4.74 Å². The summed E-state index contributed by atoms with van der Waals surface area (Å²) in [5, 5.41) is 9.36. The summed E-state index contributed by atoms with van der Waals surface area (Å²) in [6.45, 7) is 2.60. The lowest BCUT2D eigenvalue weighted by Gasteiger charge is -2.32. The summed E-state index contributed by atoms with van der Waals surface area (Å²) < 4.78 is 6.23. The average molecular weight is 314 g/mol. The molecule has 1 fully saturated rings. The monoisotopic (exact) mass is 313 g/mol. The summed E-state index contributed by atoms with van der Waals surface area (Å²) in [6.07, 6.45) is 0.523. The third-order valence-corrected chi connectivity index (χ3v) is 3.58. The zero-order valence-electron chi connectivity index (χ0n) is 10.0. The molecule has 2 rings (SSSR count). The van der Waals surface area contributed by atoms with Gasteiger partial charge in [-0.3, -0.25) is 9.69 Å². The Hall–Kier alpha value is -0.910. The topological polar surface area (TPSA) is 49.8 Å². The highest BCUT2D eigenvalue weighted by atomic mass is 79.9. The summed E-state index contributed by atoms with van der Waals surface area (Å²) in [5.41, 5.74) is 1.03. The van der Waals surface area contributed by atoms with E-state index in [9.17, 15) is 9.90 Å². The first-order valence-corrected chi connectivity index (χ1v) is 6.75. The van der Waals surface area contributed by atoms with E-state index in [0.29, 0.717) is 32.7 Å². The van der Waals surface area contributed by atoms with Crippen LogP contribution in [0, 0.1) is 0 Å². The van der Waals surface area contributed by atoms with Gasteiger partial charge >= 0.3 is 5.97 Å². The van der Waals surface area contributed by atoms with Gasteiger partial charge < -0.3 is 9.84 Å². The van der Waals surface area contributed by atoms with Gasteiger partial charge in [0.2, 0.25) is 0 Å². The first kappa shape index (κ1) is 13.5. The van der Waals surface area contributed by atoms with Crippen LogP contribution in [0.4, 0.5) is 0 Å². The normalized spacial score (nSPS) is 18.5. The Morgan fingerprint density at radius 3 is 2.78 bits per heavy atom. The molecular weight excluding hydrogens is 298 g/mol. The number of hydrogen-bond donors (Lipinski definition) is 1. The predicted octanol–water partition coefficient (Wildman–Crippen LogP) is 1.78. The van der Waals surface area contributed by atoms with Crippen LogP contribution in [0.5, 0.6) is 0 Å². The maximum atomic E-state index is 11.4. The second-order valence-corrected chi connectivity index (χ2v) is 5.25. The van der Waals surface area contributed by atoms with E-state index >= 15 is 0 Å². The van der Waals surface area contributed by atoms with Crippen LogP contribution >= 0.6 is 15.9 Å². The fraction of sp³-hybridized carbons (Fsp3) is 0.462. The van der Waals surface area contributed by atoms with E-state index in [1.807, 2.05) is 29.2 Å². The van der Waals surface area contributed by atoms with Crippen molar-refractivity contribution in [2.45, 2.75) is 12.5 Å². The maximum Gasteiger partial charge on any atom is 0.321 e. The maximum absolute atomic E-state index is 11.4. The van der Waals surface area contributed by atoms with Gasteiger partial charge in [-0.2, -0.15) is 0 Å². The Kier molecular flexibility index (Phi) is 4.74. The zero-order valence-corrected chi connectivity index (χ0v) is 11.6. The minimum absolute atomic E-state index is 0.469. The highest BCUT2D eigenvalue weighted by Gasteiger charge is 2.27. The molecule has 0 bridgehead atoms. The molecule has 1 aliphatic heterocycles. The highest BCUT2D eigenvalue weighted by molar-refractivity contribution is 9.10. The van der Waals surface area contributed by atoms with Crippen LogP contribution in [0.2, 0.25) is 0 Å². The number of nitrogens with zero attached hydrogens (tertiary/aromatic N) is 1. The Balaban J connectivity index is 2.08. The van der Waals surface area contributed by atoms with Crippen molar-refractivity contribution in [3.63, 3.8) is 0 Å². The molecule has 98 valence electrons. The molecule has 4 nitrogen and oxygen atoms in total. The highest BCUT2D eigenvalue weighted by Crippen LogP contribution is 2.16. The van der Waals surface area contributed by atoms with Crippen LogP contribution < -0.4 is 0 Å². The first-order valence-electron chi connectivity index (χ1n) is 5.96. The van der Waals surface area contributed by atoms with Gasteiger partial charge in [-0.25, -0.2) is 0 Å². The van der Waals surface area contributed by atoms with E-state index in [1.54, 1.807) is 0 Å². The summed E-state index contributed by atoms with van der Waals surface area (Å²) in [7, 11) is 0. The van der Waals surface area contributed by atoms with Gasteiger partial charge in [0.1, 0.15) is 6.04 Å². The fourth-order valence-electron chi connectivity index (χ4n) is 2.15. The molecule has 18 heavy (non-hydrogen) atoms. The lowest BCUT2D eigenvalue weighted by molar-refractivity contribution is -0.145. The number of hydrogen-bond acceptors (Lipinski definition) is 3. The largest absolute Gasteiger partial charge is 0.480 e. The standard InChI is InChI=1S/C13H16BrNO3/c14-11-3-1-2-10(8-11)9-12(13(16)17)15-4-6-18-7-5-15/h1-3,8,12H,4-7,9H2,(H,16,17)/t12-/m0/s1. The predicted molar refractivity (Wildman–Crippen MR) is 71.7 cm³/mol. The van der Waals surface area contributed by atoms with Crippen molar-refractivity contribution in [2.24, 2.45) is 0 Å². The van der Waals surface area contributed by atoms with Gasteiger partial charge in [0.25, 0.3) is 0 Å². The number of aliphatic carboxylic acids is 1. The van der Waals surface area contributed by atoms with Crippen molar-refractivity contribution in [2.75, 3.05) is 26.3 Å². The lowest BCUT2D eigenvalue weighted by atomic mass is 10.0. The third-order valence-electron chi connectivity index (χ3n) is 3.09.